The first-order chi connectivity index (χ1) is 14.3. The third kappa shape index (κ3) is 3.61. The van der Waals surface area contributed by atoms with Crippen molar-refractivity contribution in [2.24, 2.45) is 5.92 Å². The second kappa shape index (κ2) is 8.05. The van der Waals surface area contributed by atoms with Crippen LogP contribution < -0.4 is 5.32 Å². The van der Waals surface area contributed by atoms with E-state index in [1.165, 1.54) is 24.8 Å². The molecule has 1 aromatic carbocycles. The summed E-state index contributed by atoms with van der Waals surface area (Å²) >= 11 is 0. The minimum Gasteiger partial charge on any atom is -0.338 e. The van der Waals surface area contributed by atoms with Crippen LogP contribution in [0.25, 0.3) is 0 Å². The molecule has 2 aliphatic heterocycles. The zero-order valence-corrected chi connectivity index (χ0v) is 18.3. The van der Waals surface area contributed by atoms with Crippen molar-refractivity contribution in [2.45, 2.75) is 76.8 Å². The maximum Gasteiger partial charge on any atom is 0.325 e. The number of likely N-dealkylation sites (tertiary alicyclic amines) is 1. The number of imide groups is 1. The van der Waals surface area contributed by atoms with Crippen LogP contribution in [0.4, 0.5) is 4.79 Å². The summed E-state index contributed by atoms with van der Waals surface area (Å²) < 4.78 is 0. The van der Waals surface area contributed by atoms with Gasteiger partial charge in [-0.05, 0) is 55.6 Å². The van der Waals surface area contributed by atoms with Gasteiger partial charge in [-0.1, -0.05) is 51.0 Å². The van der Waals surface area contributed by atoms with E-state index >= 15 is 0 Å². The molecule has 0 aromatic heterocycles. The molecule has 0 radical (unpaired) electrons. The van der Waals surface area contributed by atoms with Gasteiger partial charge in [0.15, 0.2) is 0 Å². The highest BCUT2D eigenvalue weighted by Gasteiger charge is 2.50. The van der Waals surface area contributed by atoms with Crippen molar-refractivity contribution in [1.29, 1.82) is 0 Å². The average molecular weight is 412 g/mol. The molecule has 3 fully saturated rings. The number of nitrogens with zero attached hydrogens (tertiary/aromatic N) is 2. The number of urea groups is 1. The van der Waals surface area contributed by atoms with E-state index in [0.29, 0.717) is 11.8 Å². The van der Waals surface area contributed by atoms with Crippen molar-refractivity contribution >= 4 is 17.8 Å². The summed E-state index contributed by atoms with van der Waals surface area (Å²) in [5.41, 5.74) is 0.783. The number of amides is 4. The molecule has 1 aliphatic carbocycles. The molecule has 2 saturated heterocycles. The molecule has 4 amide bonds. The second-order valence-corrected chi connectivity index (χ2v) is 9.56. The maximum absolute atomic E-state index is 13.2. The molecule has 4 rings (SSSR count). The van der Waals surface area contributed by atoms with Crippen LogP contribution in [0.5, 0.6) is 0 Å². The van der Waals surface area contributed by atoms with E-state index in [1.54, 1.807) is 6.92 Å². The largest absolute Gasteiger partial charge is 0.338 e. The first-order valence-corrected chi connectivity index (χ1v) is 11.4. The van der Waals surface area contributed by atoms with E-state index in [1.807, 2.05) is 29.2 Å². The molecule has 30 heavy (non-hydrogen) atoms. The van der Waals surface area contributed by atoms with E-state index in [9.17, 15) is 14.4 Å². The molecule has 3 aliphatic rings. The van der Waals surface area contributed by atoms with E-state index in [-0.39, 0.29) is 24.4 Å². The number of hydrogen-bond donors (Lipinski definition) is 1. The van der Waals surface area contributed by atoms with Crippen molar-refractivity contribution in [3.05, 3.63) is 35.4 Å². The van der Waals surface area contributed by atoms with Crippen LogP contribution in [0.2, 0.25) is 0 Å². The van der Waals surface area contributed by atoms with Gasteiger partial charge in [-0.2, -0.15) is 0 Å². The Morgan fingerprint density at radius 2 is 1.77 bits per heavy atom. The number of carbonyl (C=O) groups is 3. The fourth-order valence-corrected chi connectivity index (χ4v) is 5.40. The molecular formula is C24H33N3O3. The molecule has 3 atom stereocenters. The van der Waals surface area contributed by atoms with E-state index in [4.69, 9.17) is 0 Å². The smallest absolute Gasteiger partial charge is 0.325 e. The van der Waals surface area contributed by atoms with Crippen molar-refractivity contribution in [3.8, 4) is 0 Å². The predicted octanol–water partition coefficient (Wildman–Crippen LogP) is 3.76. The summed E-state index contributed by atoms with van der Waals surface area (Å²) in [6.45, 7) is 6.51. The van der Waals surface area contributed by atoms with Gasteiger partial charge in [-0.15, -0.1) is 0 Å². The second-order valence-electron chi connectivity index (χ2n) is 9.56. The van der Waals surface area contributed by atoms with Crippen molar-refractivity contribution in [2.75, 3.05) is 13.1 Å². The summed E-state index contributed by atoms with van der Waals surface area (Å²) in [7, 11) is 0. The standard InChI is InChI=1S/C24H33N3O3/c1-16(2)17-10-12-19(13-11-17)24(3)22(29)27(23(30)25-24)15-21(28)26-14-6-8-18-7-4-5-9-20(18)26/h10-13,16,18,20H,4-9,14-15H2,1-3H3,(H,25,30)/t18-,20+,24-/m1/s1. The SMILES string of the molecule is CC(C)c1ccc([C@@]2(C)NC(=O)N(CC(=O)N3CCC[C@H]4CCCC[C@@H]43)C2=O)cc1. The highest BCUT2D eigenvalue weighted by Crippen LogP contribution is 2.36. The lowest BCUT2D eigenvalue weighted by atomic mass is 9.78. The lowest BCUT2D eigenvalue weighted by Crippen LogP contribution is -2.53. The quantitative estimate of drug-likeness (QED) is 0.767. The third-order valence-corrected chi connectivity index (χ3v) is 7.29. The minimum atomic E-state index is -1.14. The molecule has 0 spiro atoms. The highest BCUT2D eigenvalue weighted by molar-refractivity contribution is 6.09. The summed E-state index contributed by atoms with van der Waals surface area (Å²) in [5, 5.41) is 2.83. The van der Waals surface area contributed by atoms with Gasteiger partial charge in [-0.25, -0.2) is 4.79 Å². The van der Waals surface area contributed by atoms with Crippen LogP contribution in [0.3, 0.4) is 0 Å². The van der Waals surface area contributed by atoms with Crippen LogP contribution in [-0.4, -0.2) is 46.8 Å². The lowest BCUT2D eigenvalue weighted by molar-refractivity contribution is -0.142. The van der Waals surface area contributed by atoms with E-state index in [2.05, 4.69) is 19.2 Å². The fraction of sp³-hybridized carbons (Fsp3) is 0.625. The Balaban J connectivity index is 1.49. The summed E-state index contributed by atoms with van der Waals surface area (Å²) in [5.74, 6) is 0.511. The van der Waals surface area contributed by atoms with Gasteiger partial charge >= 0.3 is 6.03 Å². The number of hydrogen-bond acceptors (Lipinski definition) is 3. The normalized spacial score (nSPS) is 29.2. The monoisotopic (exact) mass is 411 g/mol. The predicted molar refractivity (Wildman–Crippen MR) is 115 cm³/mol. The highest BCUT2D eigenvalue weighted by atomic mass is 16.2. The number of fused-ring (bicyclic) bond motifs is 1. The van der Waals surface area contributed by atoms with Crippen LogP contribution in [0, 0.1) is 5.92 Å². The zero-order chi connectivity index (χ0) is 21.5. The van der Waals surface area contributed by atoms with Crippen molar-refractivity contribution < 1.29 is 14.4 Å². The molecular weight excluding hydrogens is 378 g/mol. The van der Waals surface area contributed by atoms with Crippen LogP contribution in [-0.2, 0) is 15.1 Å². The third-order valence-electron chi connectivity index (χ3n) is 7.29. The van der Waals surface area contributed by atoms with Gasteiger partial charge in [0, 0.05) is 12.6 Å². The van der Waals surface area contributed by atoms with Gasteiger partial charge in [0.1, 0.15) is 12.1 Å². The zero-order valence-electron chi connectivity index (χ0n) is 18.3. The van der Waals surface area contributed by atoms with Gasteiger partial charge < -0.3 is 10.2 Å². The van der Waals surface area contributed by atoms with Crippen LogP contribution in [0.1, 0.15) is 76.3 Å². The first kappa shape index (κ1) is 20.9. The van der Waals surface area contributed by atoms with Crippen molar-refractivity contribution in [1.82, 2.24) is 15.1 Å². The number of piperidine rings is 1. The first-order valence-electron chi connectivity index (χ1n) is 11.4. The Morgan fingerprint density at radius 1 is 1.10 bits per heavy atom. The number of carbonyl (C=O) groups excluding carboxylic acids is 3. The summed E-state index contributed by atoms with van der Waals surface area (Å²) in [4.78, 5) is 42.1. The number of rotatable bonds is 4. The Bertz CT molecular complexity index is 833. The summed E-state index contributed by atoms with van der Waals surface area (Å²) in [6, 6.07) is 7.58. The van der Waals surface area contributed by atoms with Crippen molar-refractivity contribution in [3.63, 3.8) is 0 Å². The van der Waals surface area contributed by atoms with Gasteiger partial charge in [-0.3, -0.25) is 14.5 Å². The molecule has 2 heterocycles. The molecule has 1 saturated carbocycles. The Morgan fingerprint density at radius 3 is 2.47 bits per heavy atom. The van der Waals surface area contributed by atoms with Gasteiger partial charge in [0.2, 0.25) is 5.91 Å². The van der Waals surface area contributed by atoms with E-state index in [0.717, 1.165) is 36.3 Å². The Kier molecular flexibility index (Phi) is 5.60. The molecule has 1 N–H and O–H groups in total. The Hall–Kier alpha value is -2.37. The molecule has 0 unspecified atom stereocenters. The molecule has 1 aromatic rings. The van der Waals surface area contributed by atoms with Crippen LogP contribution in [0.15, 0.2) is 24.3 Å². The Labute approximate surface area is 179 Å². The number of benzene rings is 1. The molecule has 6 nitrogen and oxygen atoms in total. The summed E-state index contributed by atoms with van der Waals surface area (Å²) in [6.07, 6.45) is 6.80. The average Bonchev–Trinajstić information content (AvgIpc) is 2.97. The molecule has 6 heteroatoms. The topological polar surface area (TPSA) is 69.7 Å². The molecule has 162 valence electrons. The van der Waals surface area contributed by atoms with Gasteiger partial charge in [0.25, 0.3) is 5.91 Å². The minimum absolute atomic E-state index is 0.102. The molecule has 0 bridgehead atoms. The van der Waals surface area contributed by atoms with E-state index < -0.39 is 11.6 Å². The van der Waals surface area contributed by atoms with Gasteiger partial charge in [0.05, 0.1) is 0 Å². The number of nitrogens with one attached hydrogen (secondary N) is 1. The van der Waals surface area contributed by atoms with Crippen LogP contribution >= 0.6 is 0 Å². The maximum atomic E-state index is 13.2. The fourth-order valence-electron chi connectivity index (χ4n) is 5.40. The lowest BCUT2D eigenvalue weighted by Gasteiger charge is -2.44.